The van der Waals surface area contributed by atoms with E-state index in [1.165, 1.54) is 5.56 Å². The van der Waals surface area contributed by atoms with Crippen LogP contribution in [0.5, 0.6) is 5.75 Å². The van der Waals surface area contributed by atoms with E-state index in [9.17, 15) is 0 Å². The highest BCUT2D eigenvalue weighted by Crippen LogP contribution is 2.25. The van der Waals surface area contributed by atoms with Gasteiger partial charge in [0.1, 0.15) is 5.75 Å². The van der Waals surface area contributed by atoms with Crippen LogP contribution < -0.4 is 15.4 Å². The quantitative estimate of drug-likeness (QED) is 0.345. The van der Waals surface area contributed by atoms with Crippen LogP contribution in [-0.2, 0) is 13.1 Å². The summed E-state index contributed by atoms with van der Waals surface area (Å²) in [5.74, 6) is 1.66. The van der Waals surface area contributed by atoms with Gasteiger partial charge in [-0.3, -0.25) is 0 Å². The molecule has 0 spiro atoms. The van der Waals surface area contributed by atoms with E-state index in [-0.39, 0.29) is 24.0 Å². The highest BCUT2D eigenvalue weighted by molar-refractivity contribution is 14.0. The third kappa shape index (κ3) is 6.68. The summed E-state index contributed by atoms with van der Waals surface area (Å²) in [5.41, 5.74) is 2.39. The molecule has 0 aliphatic heterocycles. The second kappa shape index (κ2) is 10.9. The fourth-order valence-corrected chi connectivity index (χ4v) is 3.15. The molecule has 7 heteroatoms. The maximum absolute atomic E-state index is 5.24. The van der Waals surface area contributed by atoms with E-state index in [2.05, 4.69) is 55.3 Å². The Bertz CT molecular complexity index is 620. The summed E-state index contributed by atoms with van der Waals surface area (Å²) in [6.45, 7) is 4.29. The topological polar surface area (TPSA) is 45.7 Å². The Labute approximate surface area is 166 Å². The molecule has 2 rings (SSSR count). The molecule has 0 unspecified atom stereocenters. The van der Waals surface area contributed by atoms with E-state index in [1.54, 1.807) is 18.4 Å². The summed E-state index contributed by atoms with van der Waals surface area (Å²) in [5, 5.41) is 10.8. The number of aliphatic imine (C=N–C) groups is 1. The van der Waals surface area contributed by atoms with Gasteiger partial charge in [0, 0.05) is 13.1 Å². The molecule has 0 saturated heterocycles. The Morgan fingerprint density at radius 3 is 2.70 bits per heavy atom. The van der Waals surface area contributed by atoms with E-state index in [0.717, 1.165) is 28.3 Å². The molecule has 1 aromatic heterocycles. The average Bonchev–Trinajstić information content (AvgIpc) is 3.03. The van der Waals surface area contributed by atoms with Crippen molar-refractivity contribution in [1.29, 1.82) is 0 Å². The molecule has 23 heavy (non-hydrogen) atoms. The maximum atomic E-state index is 5.24. The minimum Gasteiger partial charge on any atom is -0.496 e. The van der Waals surface area contributed by atoms with Crippen LogP contribution in [0.4, 0.5) is 0 Å². The minimum absolute atomic E-state index is 0. The molecule has 0 amide bonds. The zero-order valence-corrected chi connectivity index (χ0v) is 17.9. The molecular formula is C16H21BrIN3OS. The van der Waals surface area contributed by atoms with Crippen LogP contribution in [0.1, 0.15) is 18.1 Å². The number of guanidine groups is 1. The first-order valence-corrected chi connectivity index (χ1v) is 8.82. The number of nitrogens with zero attached hydrogens (tertiary/aromatic N) is 1. The fraction of sp³-hybridized carbons (Fsp3) is 0.312. The average molecular weight is 510 g/mol. The molecule has 0 bridgehead atoms. The number of methoxy groups -OCH3 is 1. The van der Waals surface area contributed by atoms with Gasteiger partial charge < -0.3 is 15.4 Å². The molecule has 2 aromatic rings. The predicted octanol–water partition coefficient (Wildman–Crippen LogP) is 4.39. The standard InChI is InChI=1S/C16H20BrN3OS.HI/c1-3-18-16(20-10-13-6-7-22-11-13)19-9-12-4-5-15(21-2)14(17)8-12;/h4-8,11H,3,9-10H2,1-2H3,(H2,18,19,20);1H. The Hall–Kier alpha value is -0.800. The molecule has 1 heterocycles. The molecule has 2 N–H and O–H groups in total. The van der Waals surface area contributed by atoms with Gasteiger partial charge in [0.05, 0.1) is 18.1 Å². The van der Waals surface area contributed by atoms with Gasteiger partial charge in [-0.05, 0) is 62.9 Å². The van der Waals surface area contributed by atoms with E-state index in [0.29, 0.717) is 13.1 Å². The van der Waals surface area contributed by atoms with Crippen LogP contribution in [0, 0.1) is 0 Å². The number of hydrogen-bond donors (Lipinski definition) is 2. The first-order chi connectivity index (χ1) is 10.7. The van der Waals surface area contributed by atoms with Crippen molar-refractivity contribution in [3.8, 4) is 5.75 Å². The molecule has 126 valence electrons. The number of nitrogens with one attached hydrogen (secondary N) is 2. The molecular weight excluding hydrogens is 489 g/mol. The van der Waals surface area contributed by atoms with Crippen molar-refractivity contribution in [1.82, 2.24) is 10.6 Å². The van der Waals surface area contributed by atoms with Gasteiger partial charge in [-0.2, -0.15) is 11.3 Å². The lowest BCUT2D eigenvalue weighted by molar-refractivity contribution is 0.412. The number of rotatable bonds is 6. The summed E-state index contributed by atoms with van der Waals surface area (Å²) in [6, 6.07) is 8.14. The van der Waals surface area contributed by atoms with Crippen LogP contribution in [0.25, 0.3) is 0 Å². The Balaban J connectivity index is 0.00000264. The van der Waals surface area contributed by atoms with E-state index < -0.39 is 0 Å². The summed E-state index contributed by atoms with van der Waals surface area (Å²) < 4.78 is 6.19. The molecule has 0 atom stereocenters. The Morgan fingerprint density at radius 1 is 1.26 bits per heavy atom. The number of hydrogen-bond acceptors (Lipinski definition) is 3. The predicted molar refractivity (Wildman–Crippen MR) is 112 cm³/mol. The third-order valence-corrected chi connectivity index (χ3v) is 4.37. The second-order valence-electron chi connectivity index (χ2n) is 4.65. The van der Waals surface area contributed by atoms with Crippen LogP contribution in [0.3, 0.4) is 0 Å². The van der Waals surface area contributed by atoms with Gasteiger partial charge in [0.2, 0.25) is 0 Å². The zero-order valence-electron chi connectivity index (χ0n) is 13.1. The van der Waals surface area contributed by atoms with E-state index >= 15 is 0 Å². The molecule has 0 aliphatic rings. The molecule has 1 aromatic carbocycles. The lowest BCUT2D eigenvalue weighted by atomic mass is 10.2. The molecule has 0 aliphatic carbocycles. The van der Waals surface area contributed by atoms with Gasteiger partial charge in [-0.25, -0.2) is 4.99 Å². The lowest BCUT2D eigenvalue weighted by Gasteiger charge is -2.12. The van der Waals surface area contributed by atoms with Crippen LogP contribution >= 0.6 is 51.2 Å². The highest BCUT2D eigenvalue weighted by atomic mass is 127. The smallest absolute Gasteiger partial charge is 0.191 e. The third-order valence-electron chi connectivity index (χ3n) is 3.02. The summed E-state index contributed by atoms with van der Waals surface area (Å²) >= 11 is 5.20. The van der Waals surface area contributed by atoms with Gasteiger partial charge in [0.15, 0.2) is 5.96 Å². The molecule has 0 radical (unpaired) electrons. The van der Waals surface area contributed by atoms with Crippen LogP contribution in [0.2, 0.25) is 0 Å². The fourth-order valence-electron chi connectivity index (χ4n) is 1.90. The van der Waals surface area contributed by atoms with Crippen molar-refractivity contribution in [3.63, 3.8) is 0 Å². The van der Waals surface area contributed by atoms with Crippen molar-refractivity contribution in [3.05, 3.63) is 50.6 Å². The van der Waals surface area contributed by atoms with Crippen LogP contribution in [-0.4, -0.2) is 19.6 Å². The van der Waals surface area contributed by atoms with E-state index in [1.807, 2.05) is 18.2 Å². The number of halogens is 2. The monoisotopic (exact) mass is 509 g/mol. The van der Waals surface area contributed by atoms with Crippen molar-refractivity contribution in [2.75, 3.05) is 13.7 Å². The SMILES string of the molecule is CCNC(=NCc1ccsc1)NCc1ccc(OC)c(Br)c1.I. The lowest BCUT2D eigenvalue weighted by Crippen LogP contribution is -2.36. The highest BCUT2D eigenvalue weighted by Gasteiger charge is 2.03. The van der Waals surface area contributed by atoms with Crippen molar-refractivity contribution < 1.29 is 4.74 Å². The maximum Gasteiger partial charge on any atom is 0.191 e. The van der Waals surface area contributed by atoms with Crippen molar-refractivity contribution in [2.45, 2.75) is 20.0 Å². The van der Waals surface area contributed by atoms with E-state index in [4.69, 9.17) is 4.74 Å². The van der Waals surface area contributed by atoms with Crippen LogP contribution in [0.15, 0.2) is 44.5 Å². The number of benzene rings is 1. The summed E-state index contributed by atoms with van der Waals surface area (Å²) in [6.07, 6.45) is 0. The van der Waals surface area contributed by atoms with Crippen molar-refractivity contribution in [2.24, 2.45) is 4.99 Å². The van der Waals surface area contributed by atoms with Gasteiger partial charge in [-0.1, -0.05) is 6.07 Å². The summed E-state index contributed by atoms with van der Waals surface area (Å²) in [4.78, 5) is 4.59. The van der Waals surface area contributed by atoms with Gasteiger partial charge in [0.25, 0.3) is 0 Å². The number of ether oxygens (including phenoxy) is 1. The normalized spacial score (nSPS) is 10.8. The zero-order chi connectivity index (χ0) is 15.8. The minimum atomic E-state index is 0. The first kappa shape index (κ1) is 20.2. The second-order valence-corrected chi connectivity index (χ2v) is 6.28. The largest absolute Gasteiger partial charge is 0.496 e. The van der Waals surface area contributed by atoms with Gasteiger partial charge >= 0.3 is 0 Å². The molecule has 0 saturated carbocycles. The Morgan fingerprint density at radius 2 is 2.09 bits per heavy atom. The molecule has 0 fully saturated rings. The number of thiophene rings is 1. The summed E-state index contributed by atoms with van der Waals surface area (Å²) in [7, 11) is 1.67. The first-order valence-electron chi connectivity index (χ1n) is 7.08. The van der Waals surface area contributed by atoms with Crippen molar-refractivity contribution >= 4 is 57.2 Å². The Kier molecular flexibility index (Phi) is 9.57. The van der Waals surface area contributed by atoms with Gasteiger partial charge in [-0.15, -0.1) is 24.0 Å². The molecule has 4 nitrogen and oxygen atoms in total.